The van der Waals surface area contributed by atoms with E-state index in [0.717, 1.165) is 13.0 Å². The summed E-state index contributed by atoms with van der Waals surface area (Å²) in [5, 5.41) is 8.50. The van der Waals surface area contributed by atoms with E-state index in [1.54, 1.807) is 0 Å². The van der Waals surface area contributed by atoms with Gasteiger partial charge in [0.2, 0.25) is 0 Å². The number of carboxylic acid groups (broad SMARTS) is 1. The number of rotatable bonds is 5. The maximum Gasteiger partial charge on any atom is 0.313 e. The number of piperidine rings is 1. The second-order valence-corrected chi connectivity index (χ2v) is 5.59. The zero-order valence-corrected chi connectivity index (χ0v) is 10.7. The molecule has 0 radical (unpaired) electrons. The summed E-state index contributed by atoms with van der Waals surface area (Å²) in [6.07, 6.45) is 0.0313. The molecule has 0 aromatic heterocycles. The van der Waals surface area contributed by atoms with Gasteiger partial charge in [0.05, 0.1) is 5.75 Å². The Labute approximate surface area is 100 Å². The van der Waals surface area contributed by atoms with Gasteiger partial charge in [-0.1, -0.05) is 0 Å². The lowest BCUT2D eigenvalue weighted by atomic mass is 9.96. The minimum atomic E-state index is -0.819. The Morgan fingerprint density at radius 1 is 1.62 bits per heavy atom. The molecule has 0 bridgehead atoms. The third-order valence-corrected chi connectivity index (χ3v) is 4.11. The third kappa shape index (κ3) is 4.29. The first kappa shape index (κ1) is 13.8. The zero-order valence-electron chi connectivity index (χ0n) is 9.86. The van der Waals surface area contributed by atoms with Gasteiger partial charge in [-0.25, -0.2) is 4.39 Å². The molecule has 0 aromatic rings. The Hall–Kier alpha value is -0.290. The molecule has 0 aromatic carbocycles. The van der Waals surface area contributed by atoms with Gasteiger partial charge in [0.1, 0.15) is 6.17 Å². The first-order valence-electron chi connectivity index (χ1n) is 5.68. The monoisotopic (exact) mass is 249 g/mol. The average molecular weight is 249 g/mol. The maximum absolute atomic E-state index is 13.8. The lowest BCUT2D eigenvalue weighted by molar-refractivity contribution is -0.133. The highest BCUT2D eigenvalue weighted by atomic mass is 32.2. The third-order valence-electron chi connectivity index (χ3n) is 3.00. The molecule has 1 heterocycles. The molecule has 0 aliphatic carbocycles. The van der Waals surface area contributed by atoms with Crippen molar-refractivity contribution in [1.82, 2.24) is 4.90 Å². The molecule has 2 unspecified atom stereocenters. The second-order valence-electron chi connectivity index (χ2n) is 4.56. The molecular formula is C11H20FNO2S. The van der Waals surface area contributed by atoms with Gasteiger partial charge in [0, 0.05) is 18.5 Å². The molecule has 1 fully saturated rings. The Morgan fingerprint density at radius 2 is 2.31 bits per heavy atom. The Morgan fingerprint density at radius 3 is 2.81 bits per heavy atom. The largest absolute Gasteiger partial charge is 0.481 e. The Kier molecular flexibility index (Phi) is 5.55. The SMILES string of the molecule is CC(C)N1CCC(CSCC(=O)O)C(F)C1. The van der Waals surface area contributed by atoms with Crippen molar-refractivity contribution in [2.45, 2.75) is 32.5 Å². The number of likely N-dealkylation sites (tertiary alicyclic amines) is 1. The van der Waals surface area contributed by atoms with Crippen LogP contribution in [0.3, 0.4) is 0 Å². The smallest absolute Gasteiger partial charge is 0.313 e. The summed E-state index contributed by atoms with van der Waals surface area (Å²) in [6, 6.07) is 0.394. The van der Waals surface area contributed by atoms with Gasteiger partial charge in [-0.3, -0.25) is 9.69 Å². The quantitative estimate of drug-likeness (QED) is 0.807. The summed E-state index contributed by atoms with van der Waals surface area (Å²) < 4.78 is 13.8. The number of nitrogens with zero attached hydrogens (tertiary/aromatic N) is 1. The highest BCUT2D eigenvalue weighted by Crippen LogP contribution is 2.25. The molecule has 1 saturated heterocycles. The fourth-order valence-corrected chi connectivity index (χ4v) is 2.90. The van der Waals surface area contributed by atoms with Crippen molar-refractivity contribution in [3.63, 3.8) is 0 Å². The Balaban J connectivity index is 2.27. The van der Waals surface area contributed by atoms with Crippen molar-refractivity contribution in [3.8, 4) is 0 Å². The van der Waals surface area contributed by atoms with Gasteiger partial charge < -0.3 is 5.11 Å². The van der Waals surface area contributed by atoms with Crippen molar-refractivity contribution in [2.24, 2.45) is 5.92 Å². The Bertz CT molecular complexity index is 238. The summed E-state index contributed by atoms with van der Waals surface area (Å²) in [5.41, 5.74) is 0. The van der Waals surface area contributed by atoms with E-state index in [1.807, 2.05) is 0 Å². The van der Waals surface area contributed by atoms with Crippen LogP contribution in [-0.2, 0) is 4.79 Å². The average Bonchev–Trinajstić information content (AvgIpc) is 2.19. The highest BCUT2D eigenvalue weighted by molar-refractivity contribution is 7.99. The van der Waals surface area contributed by atoms with Crippen molar-refractivity contribution in [1.29, 1.82) is 0 Å². The first-order valence-corrected chi connectivity index (χ1v) is 6.83. The van der Waals surface area contributed by atoms with E-state index in [9.17, 15) is 9.18 Å². The highest BCUT2D eigenvalue weighted by Gasteiger charge is 2.29. The predicted molar refractivity (Wildman–Crippen MR) is 64.7 cm³/mol. The van der Waals surface area contributed by atoms with E-state index in [0.29, 0.717) is 18.3 Å². The molecule has 3 nitrogen and oxygen atoms in total. The van der Waals surface area contributed by atoms with E-state index in [2.05, 4.69) is 18.7 Å². The van der Waals surface area contributed by atoms with E-state index < -0.39 is 12.1 Å². The van der Waals surface area contributed by atoms with Gasteiger partial charge in [0.25, 0.3) is 0 Å². The van der Waals surface area contributed by atoms with Crippen LogP contribution in [0.5, 0.6) is 0 Å². The van der Waals surface area contributed by atoms with E-state index in [4.69, 9.17) is 5.11 Å². The number of carboxylic acids is 1. The number of hydrogen-bond donors (Lipinski definition) is 1. The molecule has 5 heteroatoms. The topological polar surface area (TPSA) is 40.5 Å². The summed E-state index contributed by atoms with van der Waals surface area (Å²) in [4.78, 5) is 12.5. The maximum atomic E-state index is 13.8. The normalized spacial score (nSPS) is 27.2. The number of halogens is 1. The summed E-state index contributed by atoms with van der Waals surface area (Å²) in [5.74, 6) is -0.0874. The van der Waals surface area contributed by atoms with Crippen molar-refractivity contribution in [2.75, 3.05) is 24.6 Å². The molecular weight excluding hydrogens is 229 g/mol. The molecule has 2 atom stereocenters. The second kappa shape index (κ2) is 6.45. The fraction of sp³-hybridized carbons (Fsp3) is 0.909. The number of aliphatic carboxylic acids is 1. The van der Waals surface area contributed by atoms with Crippen LogP contribution in [0.15, 0.2) is 0 Å². The molecule has 94 valence electrons. The lowest BCUT2D eigenvalue weighted by Gasteiger charge is -2.36. The van der Waals surface area contributed by atoms with Gasteiger partial charge in [-0.15, -0.1) is 11.8 Å². The van der Waals surface area contributed by atoms with E-state index >= 15 is 0 Å². The minimum absolute atomic E-state index is 0.0272. The molecule has 0 spiro atoms. The molecule has 1 rings (SSSR count). The summed E-state index contributed by atoms with van der Waals surface area (Å²) in [6.45, 7) is 5.57. The standard InChI is InChI=1S/C11H20FNO2S/c1-8(2)13-4-3-9(10(12)5-13)6-16-7-11(14)15/h8-10H,3-7H2,1-2H3,(H,14,15). The van der Waals surface area contributed by atoms with Crippen molar-refractivity contribution in [3.05, 3.63) is 0 Å². The number of thioether (sulfide) groups is 1. The fourth-order valence-electron chi connectivity index (χ4n) is 1.93. The van der Waals surface area contributed by atoms with Crippen LogP contribution in [0, 0.1) is 5.92 Å². The van der Waals surface area contributed by atoms with Gasteiger partial charge in [-0.2, -0.15) is 0 Å². The van der Waals surface area contributed by atoms with Gasteiger partial charge >= 0.3 is 5.97 Å². The lowest BCUT2D eigenvalue weighted by Crippen LogP contribution is -2.45. The molecule has 1 aliphatic rings. The summed E-state index contributed by atoms with van der Waals surface area (Å²) in [7, 11) is 0. The molecule has 0 saturated carbocycles. The van der Waals surface area contributed by atoms with Crippen LogP contribution < -0.4 is 0 Å². The minimum Gasteiger partial charge on any atom is -0.481 e. The van der Waals surface area contributed by atoms with Gasteiger partial charge in [0.15, 0.2) is 0 Å². The van der Waals surface area contributed by atoms with Crippen molar-refractivity contribution < 1.29 is 14.3 Å². The van der Waals surface area contributed by atoms with Crippen LogP contribution in [0.1, 0.15) is 20.3 Å². The van der Waals surface area contributed by atoms with E-state index in [1.165, 1.54) is 11.8 Å². The van der Waals surface area contributed by atoms with E-state index in [-0.39, 0.29) is 11.7 Å². The first-order chi connectivity index (χ1) is 7.50. The van der Waals surface area contributed by atoms with Crippen LogP contribution in [0.4, 0.5) is 4.39 Å². The number of carbonyl (C=O) groups is 1. The molecule has 16 heavy (non-hydrogen) atoms. The van der Waals surface area contributed by atoms with Crippen LogP contribution in [0.2, 0.25) is 0 Å². The zero-order chi connectivity index (χ0) is 12.1. The number of alkyl halides is 1. The van der Waals surface area contributed by atoms with Crippen LogP contribution >= 0.6 is 11.8 Å². The van der Waals surface area contributed by atoms with Crippen molar-refractivity contribution >= 4 is 17.7 Å². The molecule has 1 aliphatic heterocycles. The molecule has 1 N–H and O–H groups in total. The van der Waals surface area contributed by atoms with Crippen LogP contribution in [0.25, 0.3) is 0 Å². The number of hydrogen-bond acceptors (Lipinski definition) is 3. The molecule has 0 amide bonds. The summed E-state index contributed by atoms with van der Waals surface area (Å²) >= 11 is 1.32. The predicted octanol–water partition coefficient (Wildman–Crippen LogP) is 1.87. The van der Waals surface area contributed by atoms with Crippen LogP contribution in [-0.4, -0.2) is 52.8 Å². The van der Waals surface area contributed by atoms with Gasteiger partial charge in [-0.05, 0) is 32.6 Å².